The van der Waals surface area contributed by atoms with Crippen molar-refractivity contribution in [3.8, 4) is 0 Å². The summed E-state index contributed by atoms with van der Waals surface area (Å²) in [6, 6.07) is 9.95. The summed E-state index contributed by atoms with van der Waals surface area (Å²) in [4.78, 5) is 14.5. The normalized spacial score (nSPS) is 16.2. The molecule has 0 aliphatic carbocycles. The van der Waals surface area contributed by atoms with Gasteiger partial charge in [-0.1, -0.05) is 12.1 Å². The number of hydrogen-bond donors (Lipinski definition) is 2. The third-order valence-corrected chi connectivity index (χ3v) is 4.50. The molecular formula is C16H20BrCl2N3O2. The van der Waals surface area contributed by atoms with Crippen molar-refractivity contribution in [2.75, 3.05) is 18.0 Å². The zero-order valence-corrected chi connectivity index (χ0v) is 16.1. The molecule has 132 valence electrons. The smallest absolute Gasteiger partial charge is 0.254 e. The van der Waals surface area contributed by atoms with Crippen LogP contribution in [-0.4, -0.2) is 25.0 Å². The van der Waals surface area contributed by atoms with Crippen LogP contribution in [0.3, 0.4) is 0 Å². The molecule has 0 bridgehead atoms. The molecule has 2 heterocycles. The number of carbonyl (C=O) groups is 1. The van der Waals surface area contributed by atoms with Crippen molar-refractivity contribution in [1.29, 1.82) is 0 Å². The van der Waals surface area contributed by atoms with Gasteiger partial charge in [0.1, 0.15) is 12.0 Å². The van der Waals surface area contributed by atoms with Crippen molar-refractivity contribution in [2.45, 2.75) is 19.0 Å². The van der Waals surface area contributed by atoms with Gasteiger partial charge in [-0.2, -0.15) is 0 Å². The van der Waals surface area contributed by atoms with E-state index in [1.165, 1.54) is 6.26 Å². The van der Waals surface area contributed by atoms with Crippen LogP contribution in [0.25, 0.3) is 0 Å². The molecule has 3 N–H and O–H groups in total. The van der Waals surface area contributed by atoms with Crippen LogP contribution in [0.2, 0.25) is 0 Å². The van der Waals surface area contributed by atoms with E-state index in [-0.39, 0.29) is 36.8 Å². The first-order valence-corrected chi connectivity index (χ1v) is 8.04. The van der Waals surface area contributed by atoms with Gasteiger partial charge >= 0.3 is 0 Å². The first-order chi connectivity index (χ1) is 10.7. The lowest BCUT2D eigenvalue weighted by molar-refractivity contribution is 0.0940. The second-order valence-corrected chi connectivity index (χ2v) is 6.22. The molecule has 1 aromatic carbocycles. The fourth-order valence-corrected chi connectivity index (χ4v) is 3.22. The molecule has 1 aliphatic heterocycles. The summed E-state index contributed by atoms with van der Waals surface area (Å²) in [5.74, 6) is 0.508. The highest BCUT2D eigenvalue weighted by molar-refractivity contribution is 9.10. The number of amides is 1. The SMILES string of the molecule is Cl.Cl.NCc1cc(C(=O)NC2CCN(c3ccccc3Br)C2)co1. The number of para-hydroxylation sites is 1. The van der Waals surface area contributed by atoms with Gasteiger partial charge in [-0.3, -0.25) is 4.79 Å². The molecule has 1 atom stereocenters. The standard InChI is InChI=1S/C16H18BrN3O2.2ClH/c17-14-3-1-2-4-15(14)20-6-5-12(9-20)19-16(21)11-7-13(8-18)22-10-11;;/h1-4,7,10,12H,5-6,8-9,18H2,(H,19,21);2*1H. The molecule has 0 spiro atoms. The highest BCUT2D eigenvalue weighted by Gasteiger charge is 2.25. The molecule has 8 heteroatoms. The Bertz CT molecular complexity index is 681. The second kappa shape index (κ2) is 9.32. The number of carbonyl (C=O) groups excluding carboxylic acids is 1. The van der Waals surface area contributed by atoms with E-state index in [4.69, 9.17) is 10.2 Å². The van der Waals surface area contributed by atoms with Crippen LogP contribution in [0.1, 0.15) is 22.5 Å². The summed E-state index contributed by atoms with van der Waals surface area (Å²) >= 11 is 3.57. The average Bonchev–Trinajstić information content (AvgIpc) is 3.16. The van der Waals surface area contributed by atoms with Crippen LogP contribution in [0.5, 0.6) is 0 Å². The number of benzene rings is 1. The van der Waals surface area contributed by atoms with Crippen molar-refractivity contribution in [2.24, 2.45) is 5.73 Å². The van der Waals surface area contributed by atoms with Gasteiger partial charge in [0.25, 0.3) is 5.91 Å². The Labute approximate surface area is 161 Å². The molecular weight excluding hydrogens is 417 g/mol. The van der Waals surface area contributed by atoms with Crippen LogP contribution < -0.4 is 16.0 Å². The highest BCUT2D eigenvalue weighted by atomic mass is 79.9. The third kappa shape index (κ3) is 4.66. The Morgan fingerprint density at radius 1 is 1.38 bits per heavy atom. The lowest BCUT2D eigenvalue weighted by atomic mass is 10.2. The maximum absolute atomic E-state index is 12.2. The number of nitrogens with two attached hydrogens (primary N) is 1. The van der Waals surface area contributed by atoms with Gasteiger partial charge in [0.05, 0.1) is 17.8 Å². The van der Waals surface area contributed by atoms with E-state index < -0.39 is 0 Å². The molecule has 5 nitrogen and oxygen atoms in total. The predicted molar refractivity (Wildman–Crippen MR) is 103 cm³/mol. The van der Waals surface area contributed by atoms with Gasteiger partial charge in [-0.15, -0.1) is 24.8 Å². The molecule has 1 aromatic heterocycles. The fraction of sp³-hybridized carbons (Fsp3) is 0.312. The number of furan rings is 1. The molecule has 1 saturated heterocycles. The largest absolute Gasteiger partial charge is 0.467 e. The van der Waals surface area contributed by atoms with Crippen LogP contribution in [-0.2, 0) is 6.54 Å². The Morgan fingerprint density at radius 2 is 2.12 bits per heavy atom. The molecule has 1 amide bonds. The summed E-state index contributed by atoms with van der Waals surface area (Å²) in [5, 5.41) is 3.06. The number of hydrogen-bond acceptors (Lipinski definition) is 4. The minimum atomic E-state index is -0.109. The summed E-state index contributed by atoms with van der Waals surface area (Å²) in [5.41, 5.74) is 7.17. The number of rotatable bonds is 4. The Morgan fingerprint density at radius 3 is 2.79 bits per heavy atom. The maximum atomic E-state index is 12.2. The molecule has 0 radical (unpaired) electrons. The molecule has 24 heavy (non-hydrogen) atoms. The van der Waals surface area contributed by atoms with E-state index in [0.29, 0.717) is 17.9 Å². The third-order valence-electron chi connectivity index (χ3n) is 3.83. The number of nitrogens with one attached hydrogen (secondary N) is 1. The molecule has 1 unspecified atom stereocenters. The molecule has 2 aromatic rings. The average molecular weight is 437 g/mol. The van der Waals surface area contributed by atoms with E-state index in [2.05, 4.69) is 32.2 Å². The van der Waals surface area contributed by atoms with Gasteiger partial charge in [-0.25, -0.2) is 0 Å². The molecule has 1 fully saturated rings. The summed E-state index contributed by atoms with van der Waals surface area (Å²) in [6.07, 6.45) is 2.38. The lowest BCUT2D eigenvalue weighted by Gasteiger charge is -2.20. The number of nitrogens with zero attached hydrogens (tertiary/aromatic N) is 1. The Kier molecular flexibility index (Phi) is 8.09. The van der Waals surface area contributed by atoms with Gasteiger partial charge in [0.2, 0.25) is 0 Å². The quantitative estimate of drug-likeness (QED) is 0.770. The summed E-state index contributed by atoms with van der Waals surface area (Å²) in [6.45, 7) is 2.02. The minimum Gasteiger partial charge on any atom is -0.467 e. The zero-order valence-electron chi connectivity index (χ0n) is 12.9. The first-order valence-electron chi connectivity index (χ1n) is 7.25. The van der Waals surface area contributed by atoms with Gasteiger partial charge < -0.3 is 20.4 Å². The van der Waals surface area contributed by atoms with Crippen molar-refractivity contribution in [3.05, 3.63) is 52.4 Å². The molecule has 3 rings (SSSR count). The van der Waals surface area contributed by atoms with E-state index in [9.17, 15) is 4.79 Å². The van der Waals surface area contributed by atoms with Gasteiger partial charge in [0, 0.05) is 23.6 Å². The van der Waals surface area contributed by atoms with Gasteiger partial charge in [-0.05, 0) is 40.5 Å². The van der Waals surface area contributed by atoms with Crippen LogP contribution >= 0.6 is 40.7 Å². The molecule has 0 saturated carbocycles. The maximum Gasteiger partial charge on any atom is 0.254 e. The van der Waals surface area contributed by atoms with E-state index >= 15 is 0 Å². The fourth-order valence-electron chi connectivity index (χ4n) is 2.68. The topological polar surface area (TPSA) is 71.5 Å². The number of anilines is 1. The van der Waals surface area contributed by atoms with Crippen LogP contribution in [0.4, 0.5) is 5.69 Å². The van der Waals surface area contributed by atoms with E-state index in [1.807, 2.05) is 18.2 Å². The lowest BCUT2D eigenvalue weighted by Crippen LogP contribution is -2.37. The Hall–Kier alpha value is -1.21. The van der Waals surface area contributed by atoms with Gasteiger partial charge in [0.15, 0.2) is 0 Å². The van der Waals surface area contributed by atoms with Crippen LogP contribution in [0, 0.1) is 0 Å². The summed E-state index contributed by atoms with van der Waals surface area (Å²) < 4.78 is 6.28. The predicted octanol–water partition coefficient (Wildman–Crippen LogP) is 3.35. The van der Waals surface area contributed by atoms with Crippen molar-refractivity contribution >= 4 is 52.3 Å². The molecule has 1 aliphatic rings. The van der Waals surface area contributed by atoms with E-state index in [0.717, 1.165) is 29.7 Å². The van der Waals surface area contributed by atoms with Crippen molar-refractivity contribution < 1.29 is 9.21 Å². The zero-order chi connectivity index (χ0) is 15.5. The highest BCUT2D eigenvalue weighted by Crippen LogP contribution is 2.28. The van der Waals surface area contributed by atoms with Crippen LogP contribution in [0.15, 0.2) is 45.5 Å². The minimum absolute atomic E-state index is 0. The van der Waals surface area contributed by atoms with E-state index in [1.54, 1.807) is 6.07 Å². The van der Waals surface area contributed by atoms with Crippen molar-refractivity contribution in [1.82, 2.24) is 5.32 Å². The Balaban J connectivity index is 0.00000144. The second-order valence-electron chi connectivity index (χ2n) is 5.36. The summed E-state index contributed by atoms with van der Waals surface area (Å²) in [7, 11) is 0. The number of halogens is 3. The first kappa shape index (κ1) is 20.8. The monoisotopic (exact) mass is 435 g/mol. The van der Waals surface area contributed by atoms with Crippen molar-refractivity contribution in [3.63, 3.8) is 0 Å².